The highest BCUT2D eigenvalue weighted by Gasteiger charge is 2.05. The highest BCUT2D eigenvalue weighted by Crippen LogP contribution is 2.08. The standard InChI is InChI=1S/C14H14N2O2/c1-10-5-6-11(2)12(8-10)9-15-16-14(17)13-4-3-7-18-13/h3-9H,1-2H3,(H,16,17)/b15-9-. The topological polar surface area (TPSA) is 54.6 Å². The van der Waals surface area contributed by atoms with E-state index in [1.165, 1.54) is 6.26 Å². The van der Waals surface area contributed by atoms with Crippen LogP contribution in [0, 0.1) is 13.8 Å². The number of nitrogens with zero attached hydrogens (tertiary/aromatic N) is 1. The van der Waals surface area contributed by atoms with Gasteiger partial charge in [-0.2, -0.15) is 5.10 Å². The number of carbonyl (C=O) groups is 1. The van der Waals surface area contributed by atoms with E-state index in [4.69, 9.17) is 4.42 Å². The molecule has 0 saturated heterocycles. The fourth-order valence-corrected chi connectivity index (χ4v) is 1.52. The van der Waals surface area contributed by atoms with E-state index in [2.05, 4.69) is 10.5 Å². The van der Waals surface area contributed by atoms with Crippen molar-refractivity contribution in [2.24, 2.45) is 5.10 Å². The number of rotatable bonds is 3. The van der Waals surface area contributed by atoms with Crippen molar-refractivity contribution in [2.45, 2.75) is 13.8 Å². The van der Waals surface area contributed by atoms with Gasteiger partial charge in [0.1, 0.15) is 0 Å². The maximum Gasteiger partial charge on any atom is 0.307 e. The van der Waals surface area contributed by atoms with Crippen molar-refractivity contribution >= 4 is 12.1 Å². The Morgan fingerprint density at radius 3 is 2.89 bits per heavy atom. The smallest absolute Gasteiger partial charge is 0.307 e. The van der Waals surface area contributed by atoms with Crippen LogP contribution in [0.1, 0.15) is 27.2 Å². The molecule has 4 heteroatoms. The Morgan fingerprint density at radius 2 is 2.17 bits per heavy atom. The Hall–Kier alpha value is -2.36. The summed E-state index contributed by atoms with van der Waals surface area (Å²) in [6.45, 7) is 4.01. The molecular weight excluding hydrogens is 228 g/mol. The quantitative estimate of drug-likeness (QED) is 0.664. The Labute approximate surface area is 105 Å². The van der Waals surface area contributed by atoms with Gasteiger partial charge in [-0.15, -0.1) is 0 Å². The summed E-state index contributed by atoms with van der Waals surface area (Å²) in [5.41, 5.74) is 5.66. The Kier molecular flexibility index (Phi) is 3.57. The molecule has 1 aromatic carbocycles. The van der Waals surface area contributed by atoms with E-state index in [1.54, 1.807) is 18.3 Å². The van der Waals surface area contributed by atoms with Crippen LogP contribution in [0.3, 0.4) is 0 Å². The second-order valence-corrected chi connectivity index (χ2v) is 4.04. The minimum absolute atomic E-state index is 0.244. The zero-order chi connectivity index (χ0) is 13.0. The molecule has 1 aromatic heterocycles. The molecule has 0 bridgehead atoms. The highest BCUT2D eigenvalue weighted by molar-refractivity contribution is 5.92. The minimum Gasteiger partial charge on any atom is -0.459 e. The number of amides is 1. The third kappa shape index (κ3) is 2.85. The maximum absolute atomic E-state index is 11.5. The molecule has 92 valence electrons. The van der Waals surface area contributed by atoms with Gasteiger partial charge in [0.25, 0.3) is 0 Å². The summed E-state index contributed by atoms with van der Waals surface area (Å²) in [4.78, 5) is 11.5. The predicted molar refractivity (Wildman–Crippen MR) is 69.7 cm³/mol. The van der Waals surface area contributed by atoms with Crippen LogP contribution >= 0.6 is 0 Å². The van der Waals surface area contributed by atoms with Gasteiger partial charge < -0.3 is 4.42 Å². The van der Waals surface area contributed by atoms with Crippen LogP contribution in [0.15, 0.2) is 46.1 Å². The van der Waals surface area contributed by atoms with Crippen molar-refractivity contribution < 1.29 is 9.21 Å². The lowest BCUT2D eigenvalue weighted by Crippen LogP contribution is -2.16. The molecule has 18 heavy (non-hydrogen) atoms. The molecule has 2 aromatic rings. The van der Waals surface area contributed by atoms with E-state index < -0.39 is 0 Å². The van der Waals surface area contributed by atoms with E-state index in [1.807, 2.05) is 32.0 Å². The Balaban J connectivity index is 2.03. The zero-order valence-corrected chi connectivity index (χ0v) is 10.3. The van der Waals surface area contributed by atoms with Gasteiger partial charge in [-0.05, 0) is 37.1 Å². The summed E-state index contributed by atoms with van der Waals surface area (Å²) in [7, 11) is 0. The first-order chi connectivity index (χ1) is 8.66. The van der Waals surface area contributed by atoms with Crippen molar-refractivity contribution in [3.63, 3.8) is 0 Å². The van der Waals surface area contributed by atoms with E-state index in [9.17, 15) is 4.79 Å². The Bertz CT molecular complexity index is 571. The van der Waals surface area contributed by atoms with Gasteiger partial charge in [0, 0.05) is 0 Å². The lowest BCUT2D eigenvalue weighted by molar-refractivity contribution is 0.0927. The summed E-state index contributed by atoms with van der Waals surface area (Å²) in [5, 5.41) is 3.91. The molecule has 0 aliphatic rings. The van der Waals surface area contributed by atoms with Crippen LogP contribution < -0.4 is 5.43 Å². The molecule has 0 radical (unpaired) electrons. The van der Waals surface area contributed by atoms with Gasteiger partial charge in [-0.25, -0.2) is 5.43 Å². The molecule has 2 rings (SSSR count). The highest BCUT2D eigenvalue weighted by atomic mass is 16.3. The molecule has 1 amide bonds. The lowest BCUT2D eigenvalue weighted by atomic mass is 10.1. The molecule has 1 N–H and O–H groups in total. The molecule has 0 aliphatic heterocycles. The van der Waals surface area contributed by atoms with Crippen molar-refractivity contribution in [3.05, 3.63) is 59.0 Å². The van der Waals surface area contributed by atoms with Gasteiger partial charge >= 0.3 is 5.91 Å². The molecule has 0 fully saturated rings. The first-order valence-electron chi connectivity index (χ1n) is 5.61. The first-order valence-corrected chi connectivity index (χ1v) is 5.61. The molecule has 0 aliphatic carbocycles. The molecule has 1 heterocycles. The van der Waals surface area contributed by atoms with Gasteiger partial charge in [0.05, 0.1) is 12.5 Å². The molecule has 0 spiro atoms. The van der Waals surface area contributed by atoms with Crippen molar-refractivity contribution in [3.8, 4) is 0 Å². The number of hydrazone groups is 1. The number of furan rings is 1. The maximum atomic E-state index is 11.5. The summed E-state index contributed by atoms with van der Waals surface area (Å²) in [5.74, 6) is -0.116. The monoisotopic (exact) mass is 242 g/mol. The fourth-order valence-electron chi connectivity index (χ4n) is 1.52. The van der Waals surface area contributed by atoms with Gasteiger partial charge in [-0.3, -0.25) is 4.79 Å². The van der Waals surface area contributed by atoms with Gasteiger partial charge in [-0.1, -0.05) is 23.8 Å². The van der Waals surface area contributed by atoms with E-state index in [0.29, 0.717) is 0 Å². The van der Waals surface area contributed by atoms with E-state index in [0.717, 1.165) is 16.7 Å². The molecular formula is C14H14N2O2. The number of nitrogens with one attached hydrogen (secondary N) is 1. The number of aryl methyl sites for hydroxylation is 2. The third-order valence-electron chi connectivity index (χ3n) is 2.55. The second kappa shape index (κ2) is 5.31. The van der Waals surface area contributed by atoms with Crippen LogP contribution in [-0.2, 0) is 0 Å². The van der Waals surface area contributed by atoms with Crippen LogP contribution in [0.5, 0.6) is 0 Å². The average molecular weight is 242 g/mol. The number of hydrogen-bond donors (Lipinski definition) is 1. The molecule has 0 unspecified atom stereocenters. The van der Waals surface area contributed by atoms with Crippen molar-refractivity contribution in [1.82, 2.24) is 5.43 Å². The van der Waals surface area contributed by atoms with E-state index in [-0.39, 0.29) is 11.7 Å². The average Bonchev–Trinajstić information content (AvgIpc) is 2.87. The van der Waals surface area contributed by atoms with Crippen LogP contribution in [-0.4, -0.2) is 12.1 Å². The fraction of sp³-hybridized carbons (Fsp3) is 0.143. The summed E-state index contributed by atoms with van der Waals surface area (Å²) >= 11 is 0. The van der Waals surface area contributed by atoms with Gasteiger partial charge in [0.15, 0.2) is 5.76 Å². The van der Waals surface area contributed by atoms with E-state index >= 15 is 0 Å². The third-order valence-corrected chi connectivity index (χ3v) is 2.55. The number of carbonyl (C=O) groups excluding carboxylic acids is 1. The summed E-state index contributed by atoms with van der Waals surface area (Å²) in [6.07, 6.45) is 3.08. The first kappa shape index (κ1) is 12.1. The predicted octanol–water partition coefficient (Wildman–Crippen LogP) is 2.66. The van der Waals surface area contributed by atoms with Gasteiger partial charge in [0.2, 0.25) is 0 Å². The van der Waals surface area contributed by atoms with Crippen molar-refractivity contribution in [2.75, 3.05) is 0 Å². The normalized spacial score (nSPS) is 10.8. The molecule has 0 saturated carbocycles. The number of benzene rings is 1. The molecule has 4 nitrogen and oxygen atoms in total. The molecule has 0 atom stereocenters. The summed E-state index contributed by atoms with van der Waals surface area (Å²) in [6, 6.07) is 9.31. The van der Waals surface area contributed by atoms with Crippen LogP contribution in [0.25, 0.3) is 0 Å². The van der Waals surface area contributed by atoms with Crippen LogP contribution in [0.4, 0.5) is 0 Å². The largest absolute Gasteiger partial charge is 0.459 e. The van der Waals surface area contributed by atoms with Crippen LogP contribution in [0.2, 0.25) is 0 Å². The number of hydrogen-bond acceptors (Lipinski definition) is 3. The Morgan fingerprint density at radius 1 is 1.33 bits per heavy atom. The SMILES string of the molecule is Cc1ccc(C)c(/C=N\NC(=O)c2ccco2)c1. The second-order valence-electron chi connectivity index (χ2n) is 4.04. The zero-order valence-electron chi connectivity index (χ0n) is 10.3. The lowest BCUT2D eigenvalue weighted by Gasteiger charge is -2.01. The summed E-state index contributed by atoms with van der Waals surface area (Å²) < 4.78 is 4.95. The minimum atomic E-state index is -0.360. The van der Waals surface area contributed by atoms with Crippen molar-refractivity contribution in [1.29, 1.82) is 0 Å².